The van der Waals surface area contributed by atoms with Gasteiger partial charge < -0.3 is 39.0 Å². The highest BCUT2D eigenvalue weighted by Gasteiger charge is 2.41. The average Bonchev–Trinajstić information content (AvgIpc) is 3.92. The maximum absolute atomic E-state index is 14.7. The number of aromatic nitrogens is 2. The number of fused-ring (bicyclic) bond motifs is 6. The zero-order valence-electron chi connectivity index (χ0n) is 40.4. The van der Waals surface area contributed by atoms with Crippen LogP contribution in [0.4, 0.5) is 4.79 Å². The second-order valence-electron chi connectivity index (χ2n) is 19.3. The van der Waals surface area contributed by atoms with Crippen molar-refractivity contribution in [2.45, 2.75) is 111 Å². The first kappa shape index (κ1) is 48.9. The van der Waals surface area contributed by atoms with E-state index in [1.807, 2.05) is 39.0 Å². The fraction of sp³-hybridized carbons (Fsp3) is 0.529. The van der Waals surface area contributed by atoms with Crippen LogP contribution in [0.25, 0.3) is 33.3 Å². The Morgan fingerprint density at radius 1 is 1.04 bits per heavy atom. The molecule has 0 saturated carbocycles. The molecule has 2 fully saturated rings. The van der Waals surface area contributed by atoms with Gasteiger partial charge in [0, 0.05) is 74.8 Å². The van der Waals surface area contributed by atoms with Gasteiger partial charge in [-0.25, -0.2) is 10.2 Å². The zero-order valence-corrected chi connectivity index (χ0v) is 40.4. The number of phenolic OH excluding ortho intramolecular Hbond substituents is 1. The molecule has 4 amide bonds. The van der Waals surface area contributed by atoms with Crippen LogP contribution >= 0.6 is 0 Å². The van der Waals surface area contributed by atoms with Crippen molar-refractivity contribution in [2.75, 3.05) is 47.0 Å². The number of cyclic esters (lactones) is 1. The Morgan fingerprint density at radius 2 is 1.82 bits per heavy atom. The minimum absolute atomic E-state index is 0.0148. The standard InChI is InChI=1S/C51H67N7O9/c1-10-57-42-17-16-33-26-38(42)39(45(57)37-14-12-19-52-43(37)31(5)65-9)27-51(6,7)29-67-49(63)40-15-13-20-58(54-40)48(62)41(24-32-22-35(33)25-36(59)23-32)53-46(60)44(30(3)4)55(8)47(61)34-18-21-56(28-34)50(64)66-11-2/h12,14,16-17,19,22-23,25-26,30-31,34,40-41,44,54,59H,10-11,13,15,18,20-21,24,27-29H2,1-9H3,(H,53,60)/t31-,34-,40-,41-,44?/m0/s1. The van der Waals surface area contributed by atoms with E-state index in [4.69, 9.17) is 19.2 Å². The lowest BCUT2D eigenvalue weighted by atomic mass is 9.84. The number of amides is 4. The summed E-state index contributed by atoms with van der Waals surface area (Å²) in [7, 11) is 3.25. The lowest BCUT2D eigenvalue weighted by Gasteiger charge is -2.37. The number of likely N-dealkylation sites (N-methyl/N-ethyl adjacent to an activating group) is 1. The summed E-state index contributed by atoms with van der Waals surface area (Å²) >= 11 is 0. The zero-order chi connectivity index (χ0) is 48.3. The van der Waals surface area contributed by atoms with Crippen LogP contribution in [0.1, 0.15) is 90.7 Å². The average molecular weight is 922 g/mol. The van der Waals surface area contributed by atoms with Crippen molar-refractivity contribution in [2.24, 2.45) is 17.3 Å². The third kappa shape index (κ3) is 10.4. The Labute approximate surface area is 393 Å². The van der Waals surface area contributed by atoms with Crippen LogP contribution in [0, 0.1) is 17.3 Å². The summed E-state index contributed by atoms with van der Waals surface area (Å²) < 4.78 is 19.4. The third-order valence-electron chi connectivity index (χ3n) is 13.4. The van der Waals surface area contributed by atoms with Crippen LogP contribution in [-0.4, -0.2) is 124 Å². The van der Waals surface area contributed by atoms with E-state index in [2.05, 4.69) is 54.3 Å². The summed E-state index contributed by atoms with van der Waals surface area (Å²) in [5.41, 5.74) is 9.51. The molecule has 2 aromatic heterocycles. The van der Waals surface area contributed by atoms with Gasteiger partial charge in [-0.1, -0.05) is 39.8 Å². The first-order chi connectivity index (χ1) is 31.9. The maximum atomic E-state index is 14.7. The van der Waals surface area contributed by atoms with Gasteiger partial charge in [-0.2, -0.15) is 0 Å². The van der Waals surface area contributed by atoms with Gasteiger partial charge in [0.1, 0.15) is 23.9 Å². The second kappa shape index (κ2) is 20.5. The van der Waals surface area contributed by atoms with Crippen LogP contribution < -0.4 is 10.7 Å². The number of likely N-dealkylation sites (tertiary alicyclic amines) is 1. The number of esters is 1. The lowest BCUT2D eigenvalue weighted by Crippen LogP contribution is -2.62. The second-order valence-corrected chi connectivity index (χ2v) is 19.3. The number of hydrazine groups is 1. The van der Waals surface area contributed by atoms with Crippen molar-refractivity contribution in [1.29, 1.82) is 0 Å². The van der Waals surface area contributed by atoms with Gasteiger partial charge in [0.2, 0.25) is 11.8 Å². The summed E-state index contributed by atoms with van der Waals surface area (Å²) in [5, 5.41) is 16.7. The number of aromatic hydroxyl groups is 1. The van der Waals surface area contributed by atoms with E-state index in [1.165, 1.54) is 14.8 Å². The Morgan fingerprint density at radius 3 is 2.54 bits per heavy atom. The van der Waals surface area contributed by atoms with Gasteiger partial charge in [-0.15, -0.1) is 0 Å². The summed E-state index contributed by atoms with van der Waals surface area (Å²) in [6.45, 7) is 15.4. The largest absolute Gasteiger partial charge is 0.508 e. The van der Waals surface area contributed by atoms with Gasteiger partial charge in [0.05, 0.1) is 36.6 Å². The molecule has 3 N–H and O–H groups in total. The summed E-state index contributed by atoms with van der Waals surface area (Å²) in [6.07, 6.45) is 2.90. The van der Waals surface area contributed by atoms with Crippen LogP contribution in [0.2, 0.25) is 0 Å². The molecule has 67 heavy (non-hydrogen) atoms. The molecule has 7 rings (SSSR count). The lowest BCUT2D eigenvalue weighted by molar-refractivity contribution is -0.155. The van der Waals surface area contributed by atoms with Crippen molar-refractivity contribution in [3.63, 3.8) is 0 Å². The van der Waals surface area contributed by atoms with Crippen LogP contribution in [0.15, 0.2) is 54.7 Å². The number of carbonyl (C=O) groups is 5. The molecule has 3 aliphatic heterocycles. The molecular weight excluding hydrogens is 855 g/mol. The molecule has 360 valence electrons. The smallest absolute Gasteiger partial charge is 0.409 e. The molecule has 2 saturated heterocycles. The molecule has 16 nitrogen and oxygen atoms in total. The number of ether oxygens (including phenoxy) is 3. The molecule has 0 aliphatic carbocycles. The van der Waals surface area contributed by atoms with E-state index in [0.29, 0.717) is 49.9 Å². The monoisotopic (exact) mass is 922 g/mol. The normalized spacial score (nSPS) is 20.8. The number of aryl methyl sites for hydroxylation is 1. The number of rotatable bonds is 10. The van der Waals surface area contributed by atoms with Gasteiger partial charge in [-0.05, 0) is 111 Å². The Balaban J connectivity index is 1.30. The fourth-order valence-electron chi connectivity index (χ4n) is 10.0. The molecule has 5 heterocycles. The quantitative estimate of drug-likeness (QED) is 0.149. The molecule has 3 aliphatic rings. The van der Waals surface area contributed by atoms with Crippen molar-refractivity contribution in [1.82, 2.24) is 35.1 Å². The Kier molecular flexibility index (Phi) is 14.9. The first-order valence-electron chi connectivity index (χ1n) is 23.6. The molecule has 2 aromatic carbocycles. The van der Waals surface area contributed by atoms with Gasteiger partial charge >= 0.3 is 12.1 Å². The van der Waals surface area contributed by atoms with Crippen molar-refractivity contribution in [3.05, 3.63) is 71.5 Å². The number of nitrogens with zero attached hydrogens (tertiary/aromatic N) is 5. The molecule has 16 heteroatoms. The number of carbonyl (C=O) groups excluding carboxylic acids is 5. The van der Waals surface area contributed by atoms with Crippen molar-refractivity contribution in [3.8, 4) is 28.1 Å². The minimum Gasteiger partial charge on any atom is -0.508 e. The predicted octanol–water partition coefficient (Wildman–Crippen LogP) is 6.41. The number of phenols is 1. The van der Waals surface area contributed by atoms with Crippen LogP contribution in [0.5, 0.6) is 5.75 Å². The highest BCUT2D eigenvalue weighted by atomic mass is 16.6. The van der Waals surface area contributed by atoms with Gasteiger partial charge in [-0.3, -0.25) is 29.2 Å². The SMILES string of the molecule is CCOC(=O)N1CC[C@H](C(=O)N(C)C(C(=O)N[C@H]2Cc3cc(O)cc(c3)-c3ccc4c(c3)c(c(-c3cccnc3[C@H](C)OC)n4CC)CC(C)(C)COC(=O)[C@@H]3CCCN(N3)C2=O)C(C)C)C1. The number of methoxy groups -OCH3 is 1. The summed E-state index contributed by atoms with van der Waals surface area (Å²) in [4.78, 5) is 77.3. The van der Waals surface area contributed by atoms with Crippen molar-refractivity contribution < 1.29 is 43.3 Å². The van der Waals surface area contributed by atoms with Crippen LogP contribution in [0.3, 0.4) is 0 Å². The highest BCUT2D eigenvalue weighted by Crippen LogP contribution is 2.42. The molecular formula is C51H67N7O9. The van der Waals surface area contributed by atoms with E-state index >= 15 is 0 Å². The van der Waals surface area contributed by atoms with Gasteiger partial charge in [0.25, 0.3) is 5.91 Å². The number of pyridine rings is 1. The van der Waals surface area contributed by atoms with E-state index in [0.717, 1.165) is 39.0 Å². The van der Waals surface area contributed by atoms with E-state index in [-0.39, 0.29) is 56.4 Å². The first-order valence-corrected chi connectivity index (χ1v) is 23.6. The number of nitrogens with one attached hydrogen (secondary N) is 2. The highest BCUT2D eigenvalue weighted by molar-refractivity contribution is 5.96. The van der Waals surface area contributed by atoms with Crippen molar-refractivity contribution >= 4 is 40.7 Å². The van der Waals surface area contributed by atoms with E-state index in [1.54, 1.807) is 39.4 Å². The van der Waals surface area contributed by atoms with E-state index < -0.39 is 53.3 Å². The Bertz CT molecular complexity index is 2500. The molecule has 1 unspecified atom stereocenters. The molecule has 0 spiro atoms. The molecule has 6 bridgehead atoms. The number of hydrogen-bond acceptors (Lipinski definition) is 11. The number of hydrogen-bond donors (Lipinski definition) is 3. The summed E-state index contributed by atoms with van der Waals surface area (Å²) in [5.74, 6) is -2.69. The van der Waals surface area contributed by atoms with Crippen LogP contribution in [-0.2, 0) is 52.8 Å². The molecule has 4 aromatic rings. The Hall–Kier alpha value is -6.00. The topological polar surface area (TPSA) is 185 Å². The maximum Gasteiger partial charge on any atom is 0.409 e. The predicted molar refractivity (Wildman–Crippen MR) is 253 cm³/mol. The van der Waals surface area contributed by atoms with Gasteiger partial charge in [0.15, 0.2) is 0 Å². The minimum atomic E-state index is -1.17. The number of benzene rings is 2. The molecule has 0 radical (unpaired) electrons. The fourth-order valence-corrected chi connectivity index (χ4v) is 10.0. The van der Waals surface area contributed by atoms with E-state index in [9.17, 15) is 29.1 Å². The summed E-state index contributed by atoms with van der Waals surface area (Å²) in [6, 6.07) is 12.5. The molecule has 5 atom stereocenters. The third-order valence-corrected chi connectivity index (χ3v) is 13.4.